The number of aromatic nitrogens is 2. The minimum Gasteiger partial charge on any atom is -0.479 e. The lowest BCUT2D eigenvalue weighted by Crippen LogP contribution is -2.25. The van der Waals surface area contributed by atoms with Crippen molar-refractivity contribution in [1.29, 1.82) is 0 Å². The summed E-state index contributed by atoms with van der Waals surface area (Å²) in [5.74, 6) is 0.717. The van der Waals surface area contributed by atoms with Crippen LogP contribution in [0, 0.1) is 0 Å². The Morgan fingerprint density at radius 3 is 2.36 bits per heavy atom. The van der Waals surface area contributed by atoms with Gasteiger partial charge in [-0.05, 0) is 54.0 Å². The highest BCUT2D eigenvalue weighted by Gasteiger charge is 2.15. The Morgan fingerprint density at radius 1 is 1.18 bits per heavy atom. The molecule has 0 saturated heterocycles. The van der Waals surface area contributed by atoms with Crippen molar-refractivity contribution in [2.45, 2.75) is 20.0 Å². The Kier molecular flexibility index (Phi) is 5.71. The third kappa shape index (κ3) is 4.70. The molecule has 2 aromatic rings. The molecule has 1 aromatic carbocycles. The van der Waals surface area contributed by atoms with Crippen LogP contribution in [0.5, 0.6) is 17.5 Å². The van der Waals surface area contributed by atoms with Crippen LogP contribution >= 0.6 is 15.9 Å². The lowest BCUT2D eigenvalue weighted by atomic mass is 10.3. The maximum absolute atomic E-state index is 11.5. The largest absolute Gasteiger partial charge is 0.479 e. The Hall–Kier alpha value is -2.15. The van der Waals surface area contributed by atoms with Gasteiger partial charge in [-0.1, -0.05) is 0 Å². The first kappa shape index (κ1) is 16.2. The van der Waals surface area contributed by atoms with Crippen LogP contribution in [-0.4, -0.2) is 28.6 Å². The number of ether oxygens (including phenoxy) is 3. The summed E-state index contributed by atoms with van der Waals surface area (Å²) >= 11 is 3.25. The minimum absolute atomic E-state index is 0.247. The van der Waals surface area contributed by atoms with Gasteiger partial charge in [-0.2, -0.15) is 0 Å². The summed E-state index contributed by atoms with van der Waals surface area (Å²) in [5.41, 5.74) is 0. The Bertz CT molecular complexity index is 616. The Balaban J connectivity index is 1.95. The third-order valence-corrected chi connectivity index (χ3v) is 2.97. The summed E-state index contributed by atoms with van der Waals surface area (Å²) in [4.78, 5) is 19.5. The van der Waals surface area contributed by atoms with Crippen LogP contribution in [0.3, 0.4) is 0 Å². The fourth-order valence-corrected chi connectivity index (χ4v) is 1.76. The molecule has 0 aliphatic rings. The summed E-state index contributed by atoms with van der Waals surface area (Å²) in [6.07, 6.45) is 2.53. The molecule has 0 N–H and O–H groups in total. The molecular formula is C15H15BrN2O4. The SMILES string of the molecule is CCOC(=O)[C@@H](C)Oc1ccc(Oc2ncc(Br)cn2)cc1. The molecule has 1 atom stereocenters. The van der Waals surface area contributed by atoms with Crippen molar-refractivity contribution in [3.8, 4) is 17.5 Å². The first-order chi connectivity index (χ1) is 10.6. The molecule has 0 aliphatic heterocycles. The van der Waals surface area contributed by atoms with Gasteiger partial charge in [-0.15, -0.1) is 0 Å². The molecule has 0 saturated carbocycles. The van der Waals surface area contributed by atoms with Crippen molar-refractivity contribution in [3.63, 3.8) is 0 Å². The molecule has 1 aromatic heterocycles. The third-order valence-electron chi connectivity index (χ3n) is 2.56. The van der Waals surface area contributed by atoms with Crippen LogP contribution < -0.4 is 9.47 Å². The molecule has 0 radical (unpaired) electrons. The van der Waals surface area contributed by atoms with E-state index in [1.54, 1.807) is 50.5 Å². The Morgan fingerprint density at radius 2 is 1.77 bits per heavy atom. The summed E-state index contributed by atoms with van der Waals surface area (Å²) in [5, 5.41) is 0. The second-order valence-corrected chi connectivity index (χ2v) is 5.19. The van der Waals surface area contributed by atoms with E-state index in [-0.39, 0.29) is 6.01 Å². The molecule has 116 valence electrons. The van der Waals surface area contributed by atoms with Crippen LogP contribution in [0.1, 0.15) is 13.8 Å². The first-order valence-corrected chi connectivity index (χ1v) is 7.46. The zero-order chi connectivity index (χ0) is 15.9. The Labute approximate surface area is 136 Å². The maximum Gasteiger partial charge on any atom is 0.347 e. The van der Waals surface area contributed by atoms with E-state index in [1.165, 1.54) is 0 Å². The maximum atomic E-state index is 11.5. The second-order valence-electron chi connectivity index (χ2n) is 4.27. The molecule has 0 spiro atoms. The van der Waals surface area contributed by atoms with Crippen molar-refractivity contribution < 1.29 is 19.0 Å². The van der Waals surface area contributed by atoms with E-state index >= 15 is 0 Å². The van der Waals surface area contributed by atoms with Gasteiger partial charge >= 0.3 is 12.0 Å². The lowest BCUT2D eigenvalue weighted by molar-refractivity contribution is -0.150. The first-order valence-electron chi connectivity index (χ1n) is 6.67. The van der Waals surface area contributed by atoms with E-state index in [9.17, 15) is 4.79 Å². The van der Waals surface area contributed by atoms with Crippen LogP contribution in [-0.2, 0) is 9.53 Å². The average molecular weight is 367 g/mol. The van der Waals surface area contributed by atoms with E-state index < -0.39 is 12.1 Å². The smallest absolute Gasteiger partial charge is 0.347 e. The van der Waals surface area contributed by atoms with Crippen LogP contribution in [0.15, 0.2) is 41.1 Å². The molecule has 2 rings (SSSR count). The van der Waals surface area contributed by atoms with E-state index in [0.717, 1.165) is 4.47 Å². The quantitative estimate of drug-likeness (QED) is 0.730. The molecule has 0 amide bonds. The van der Waals surface area contributed by atoms with Crippen molar-refractivity contribution in [3.05, 3.63) is 41.1 Å². The molecule has 22 heavy (non-hydrogen) atoms. The number of benzene rings is 1. The van der Waals surface area contributed by atoms with Gasteiger partial charge in [0.25, 0.3) is 0 Å². The monoisotopic (exact) mass is 366 g/mol. The zero-order valence-electron chi connectivity index (χ0n) is 12.2. The number of hydrogen-bond donors (Lipinski definition) is 0. The van der Waals surface area contributed by atoms with Crippen molar-refractivity contribution in [2.75, 3.05) is 6.61 Å². The van der Waals surface area contributed by atoms with Crippen LogP contribution in [0.2, 0.25) is 0 Å². The summed E-state index contributed by atoms with van der Waals surface area (Å²) in [6, 6.07) is 7.06. The highest BCUT2D eigenvalue weighted by Crippen LogP contribution is 2.22. The van der Waals surface area contributed by atoms with Gasteiger partial charge in [0.2, 0.25) is 0 Å². The number of carbonyl (C=O) groups is 1. The second kappa shape index (κ2) is 7.74. The standard InChI is InChI=1S/C15H15BrN2O4/c1-3-20-14(19)10(2)21-12-4-6-13(7-5-12)22-15-17-8-11(16)9-18-15/h4-10H,3H2,1-2H3/t10-/m1/s1. The minimum atomic E-state index is -0.665. The van der Waals surface area contributed by atoms with Crippen molar-refractivity contribution in [2.24, 2.45) is 0 Å². The van der Waals surface area contributed by atoms with E-state index in [2.05, 4.69) is 25.9 Å². The zero-order valence-corrected chi connectivity index (χ0v) is 13.7. The number of halogens is 1. The normalized spacial score (nSPS) is 11.6. The van der Waals surface area contributed by atoms with Gasteiger partial charge in [-0.3, -0.25) is 0 Å². The van der Waals surface area contributed by atoms with Crippen LogP contribution in [0.4, 0.5) is 0 Å². The molecular weight excluding hydrogens is 352 g/mol. The molecule has 7 heteroatoms. The number of hydrogen-bond acceptors (Lipinski definition) is 6. The number of carbonyl (C=O) groups excluding carboxylic acids is 1. The van der Waals surface area contributed by atoms with E-state index in [0.29, 0.717) is 18.1 Å². The molecule has 0 unspecified atom stereocenters. The average Bonchev–Trinajstić information content (AvgIpc) is 2.51. The molecule has 6 nitrogen and oxygen atoms in total. The van der Waals surface area contributed by atoms with Gasteiger partial charge in [0, 0.05) is 12.4 Å². The lowest BCUT2D eigenvalue weighted by Gasteiger charge is -2.13. The molecule has 0 bridgehead atoms. The highest BCUT2D eigenvalue weighted by molar-refractivity contribution is 9.10. The molecule has 0 fully saturated rings. The summed E-state index contributed by atoms with van der Waals surface area (Å²) in [6.45, 7) is 3.71. The van der Waals surface area contributed by atoms with Crippen molar-refractivity contribution >= 4 is 21.9 Å². The summed E-state index contributed by atoms with van der Waals surface area (Å²) in [7, 11) is 0. The van der Waals surface area contributed by atoms with Gasteiger partial charge in [0.1, 0.15) is 11.5 Å². The fraction of sp³-hybridized carbons (Fsp3) is 0.267. The number of rotatable bonds is 6. The van der Waals surface area contributed by atoms with E-state index in [1.807, 2.05) is 0 Å². The highest BCUT2D eigenvalue weighted by atomic mass is 79.9. The van der Waals surface area contributed by atoms with Crippen LogP contribution in [0.25, 0.3) is 0 Å². The fourth-order valence-electron chi connectivity index (χ4n) is 1.56. The number of esters is 1. The summed E-state index contributed by atoms with van der Waals surface area (Å²) < 4.78 is 16.6. The van der Waals surface area contributed by atoms with Gasteiger partial charge < -0.3 is 14.2 Å². The molecule has 1 heterocycles. The number of nitrogens with zero attached hydrogens (tertiary/aromatic N) is 2. The predicted molar refractivity (Wildman–Crippen MR) is 83.0 cm³/mol. The van der Waals surface area contributed by atoms with Gasteiger partial charge in [0.05, 0.1) is 11.1 Å². The van der Waals surface area contributed by atoms with Gasteiger partial charge in [-0.25, -0.2) is 14.8 Å². The van der Waals surface area contributed by atoms with Gasteiger partial charge in [0.15, 0.2) is 6.10 Å². The van der Waals surface area contributed by atoms with Crippen molar-refractivity contribution in [1.82, 2.24) is 9.97 Å². The topological polar surface area (TPSA) is 70.5 Å². The van der Waals surface area contributed by atoms with E-state index in [4.69, 9.17) is 14.2 Å². The predicted octanol–water partition coefficient (Wildman–Crippen LogP) is 3.36. The molecule has 0 aliphatic carbocycles.